The van der Waals surface area contributed by atoms with Gasteiger partial charge in [-0.25, -0.2) is 4.98 Å². The highest BCUT2D eigenvalue weighted by atomic mass is 16.6. The molecule has 0 saturated carbocycles. The van der Waals surface area contributed by atoms with Gasteiger partial charge < -0.3 is 24.8 Å². The molecule has 4 rings (SSSR count). The Balaban J connectivity index is 1.66. The number of anilines is 1. The van der Waals surface area contributed by atoms with Crippen molar-refractivity contribution in [3.05, 3.63) is 58.0 Å². The van der Waals surface area contributed by atoms with Crippen molar-refractivity contribution in [3.8, 4) is 11.4 Å². The van der Waals surface area contributed by atoms with Crippen LogP contribution in [0, 0.1) is 0 Å². The van der Waals surface area contributed by atoms with Gasteiger partial charge in [-0.1, -0.05) is 12.2 Å². The van der Waals surface area contributed by atoms with Gasteiger partial charge in [0.1, 0.15) is 23.6 Å². The number of ether oxygens (including phenoxy) is 2. The third-order valence-electron chi connectivity index (χ3n) is 5.78. The molecule has 0 aliphatic carbocycles. The first-order valence-corrected chi connectivity index (χ1v) is 10.8. The summed E-state index contributed by atoms with van der Waals surface area (Å²) in [7, 11) is 0. The molecule has 3 heterocycles. The van der Waals surface area contributed by atoms with E-state index in [9.17, 15) is 14.4 Å². The third kappa shape index (κ3) is 4.50. The van der Waals surface area contributed by atoms with Gasteiger partial charge in [-0.15, -0.1) is 0 Å². The number of carbonyl (C=O) groups is 2. The normalized spacial score (nSPS) is 21.8. The lowest BCUT2D eigenvalue weighted by atomic mass is 10.1. The van der Waals surface area contributed by atoms with Gasteiger partial charge in [-0.3, -0.25) is 14.4 Å². The fraction of sp³-hybridized carbons (Fsp3) is 0.333. The zero-order valence-corrected chi connectivity index (χ0v) is 18.6. The number of benzene rings is 1. The van der Waals surface area contributed by atoms with Crippen LogP contribution in [0.3, 0.4) is 0 Å². The molecule has 3 N–H and O–H groups in total. The first-order chi connectivity index (χ1) is 15.9. The van der Waals surface area contributed by atoms with Gasteiger partial charge in [-0.05, 0) is 39.0 Å². The largest absolute Gasteiger partial charge is 0.379 e. The highest BCUT2D eigenvalue weighted by molar-refractivity contribution is 5.97. The number of nitrogens with zero attached hydrogens (tertiary/aromatic N) is 1. The van der Waals surface area contributed by atoms with E-state index < -0.39 is 0 Å². The zero-order valence-electron chi connectivity index (χ0n) is 18.6. The van der Waals surface area contributed by atoms with Gasteiger partial charge in [0, 0.05) is 17.3 Å². The van der Waals surface area contributed by atoms with Crippen LogP contribution < -0.4 is 10.9 Å². The molecular formula is C24H26N4O5. The lowest BCUT2D eigenvalue weighted by Crippen LogP contribution is -2.47. The molecule has 0 amide bonds. The monoisotopic (exact) mass is 450 g/mol. The second-order valence-corrected chi connectivity index (χ2v) is 8.05. The molecule has 4 atom stereocenters. The number of imidazole rings is 1. The Kier molecular flexibility index (Phi) is 6.52. The number of aldehydes is 2. The summed E-state index contributed by atoms with van der Waals surface area (Å²) in [6.07, 6.45) is 6.27. The fourth-order valence-electron chi connectivity index (χ4n) is 3.93. The summed E-state index contributed by atoms with van der Waals surface area (Å²) >= 11 is 0. The number of hydrogen-bond donors (Lipinski definition) is 3. The van der Waals surface area contributed by atoms with Gasteiger partial charge in [0.2, 0.25) is 0 Å². The van der Waals surface area contributed by atoms with E-state index >= 15 is 0 Å². The molecular weight excluding hydrogens is 424 g/mol. The highest BCUT2D eigenvalue weighted by Crippen LogP contribution is 2.27. The smallest absolute Gasteiger partial charge is 0.261 e. The van der Waals surface area contributed by atoms with Crippen molar-refractivity contribution < 1.29 is 19.1 Å². The maximum atomic E-state index is 12.8. The third-order valence-corrected chi connectivity index (χ3v) is 5.78. The Morgan fingerprint density at radius 2 is 2.00 bits per heavy atom. The van der Waals surface area contributed by atoms with E-state index in [2.05, 4.69) is 20.3 Å². The minimum absolute atomic E-state index is 0.0390. The van der Waals surface area contributed by atoms with Gasteiger partial charge in [0.15, 0.2) is 12.6 Å². The second kappa shape index (κ2) is 9.51. The summed E-state index contributed by atoms with van der Waals surface area (Å²) < 4.78 is 12.1. The van der Waals surface area contributed by atoms with Gasteiger partial charge in [0.05, 0.1) is 35.5 Å². The van der Waals surface area contributed by atoms with E-state index in [1.165, 1.54) is 6.07 Å². The molecule has 0 bridgehead atoms. The van der Waals surface area contributed by atoms with Crippen molar-refractivity contribution >= 4 is 29.3 Å². The number of fused-ring (bicyclic) bond motifs is 1. The van der Waals surface area contributed by atoms with Gasteiger partial charge >= 0.3 is 0 Å². The van der Waals surface area contributed by atoms with Crippen LogP contribution in [0.2, 0.25) is 0 Å². The number of allylic oxidation sites excluding steroid dienone is 1. The minimum atomic E-state index is -0.335. The van der Waals surface area contributed by atoms with Crippen LogP contribution in [-0.2, 0) is 9.47 Å². The van der Waals surface area contributed by atoms with Crippen LogP contribution in [0.15, 0.2) is 41.3 Å². The molecule has 9 heteroatoms. The van der Waals surface area contributed by atoms with E-state index in [-0.39, 0.29) is 41.0 Å². The van der Waals surface area contributed by atoms with Crippen LogP contribution in [0.5, 0.6) is 0 Å². The van der Waals surface area contributed by atoms with Crippen molar-refractivity contribution in [2.45, 2.75) is 45.1 Å². The Morgan fingerprint density at radius 1 is 1.24 bits per heavy atom. The number of carbonyl (C=O) groups excluding carboxylic acids is 2. The predicted molar refractivity (Wildman–Crippen MR) is 125 cm³/mol. The Morgan fingerprint density at radius 3 is 2.73 bits per heavy atom. The molecule has 3 aromatic rings. The lowest BCUT2D eigenvalue weighted by molar-refractivity contribution is -0.160. The molecule has 33 heavy (non-hydrogen) atoms. The Labute approximate surface area is 190 Å². The van der Waals surface area contributed by atoms with Crippen LogP contribution >= 0.6 is 0 Å². The zero-order chi connectivity index (χ0) is 23.5. The Bertz CT molecular complexity index is 1220. The number of aromatic amines is 2. The molecule has 1 aliphatic rings. The van der Waals surface area contributed by atoms with E-state index in [4.69, 9.17) is 9.47 Å². The summed E-state index contributed by atoms with van der Waals surface area (Å²) in [4.78, 5) is 45.6. The van der Waals surface area contributed by atoms with E-state index in [1.54, 1.807) is 18.3 Å². The standard InChI is InChI=1S/C24H26N4O5/c1-4-5-20-14(3)32-12-21(33-20)13(2)26-17-6-7-25-24(31)22(17)23-27-18-8-15(10-29)16(11-30)9-19(18)28-23/h4-11,13-14,20-21H,12H2,1-3H3,(H,27,28)(H2,25,26,31)/b5-4-. The first-order valence-electron chi connectivity index (χ1n) is 10.8. The van der Waals surface area contributed by atoms with Crippen molar-refractivity contribution in [2.75, 3.05) is 11.9 Å². The number of H-pyrrole nitrogens is 2. The van der Waals surface area contributed by atoms with Crippen LogP contribution in [0.4, 0.5) is 5.69 Å². The molecule has 1 aliphatic heterocycles. The summed E-state index contributed by atoms with van der Waals surface area (Å²) in [6, 6.07) is 4.66. The molecule has 2 aromatic heterocycles. The summed E-state index contributed by atoms with van der Waals surface area (Å²) in [5.74, 6) is 0.322. The van der Waals surface area contributed by atoms with Crippen LogP contribution in [0.25, 0.3) is 22.4 Å². The van der Waals surface area contributed by atoms with Crippen molar-refractivity contribution in [3.63, 3.8) is 0 Å². The SMILES string of the molecule is C/C=C\C1OC(C(C)Nc2cc[nH]c(=O)c2-c2nc3cc(C=O)c(C=O)cc3[nH]2)COC1C. The summed E-state index contributed by atoms with van der Waals surface area (Å²) in [5, 5.41) is 3.37. The Hall–Kier alpha value is -3.56. The van der Waals surface area contributed by atoms with Crippen LogP contribution in [0.1, 0.15) is 41.5 Å². The van der Waals surface area contributed by atoms with Crippen molar-refractivity contribution in [1.29, 1.82) is 0 Å². The molecule has 4 unspecified atom stereocenters. The second-order valence-electron chi connectivity index (χ2n) is 8.05. The molecule has 9 nitrogen and oxygen atoms in total. The molecule has 1 saturated heterocycles. The molecule has 172 valence electrons. The first kappa shape index (κ1) is 22.6. The van der Waals surface area contributed by atoms with Gasteiger partial charge in [0.25, 0.3) is 5.56 Å². The fourth-order valence-corrected chi connectivity index (χ4v) is 3.93. The molecule has 1 fully saturated rings. The molecule has 0 radical (unpaired) electrons. The average Bonchev–Trinajstić information content (AvgIpc) is 3.21. The number of nitrogens with one attached hydrogen (secondary N) is 3. The number of aromatic nitrogens is 3. The van der Waals surface area contributed by atoms with E-state index in [0.717, 1.165) is 0 Å². The maximum Gasteiger partial charge on any atom is 0.261 e. The predicted octanol–water partition coefficient (Wildman–Crippen LogP) is 3.09. The lowest BCUT2D eigenvalue weighted by Gasteiger charge is -2.37. The average molecular weight is 450 g/mol. The number of rotatable bonds is 7. The van der Waals surface area contributed by atoms with Crippen LogP contribution in [-0.4, -0.2) is 58.5 Å². The minimum Gasteiger partial charge on any atom is -0.379 e. The highest BCUT2D eigenvalue weighted by Gasteiger charge is 2.31. The van der Waals surface area contributed by atoms with E-state index in [0.29, 0.717) is 47.3 Å². The summed E-state index contributed by atoms with van der Waals surface area (Å²) in [5.41, 5.74) is 2.07. The van der Waals surface area contributed by atoms with Gasteiger partial charge in [-0.2, -0.15) is 0 Å². The number of hydrogen-bond acceptors (Lipinski definition) is 7. The molecule has 0 spiro atoms. The maximum absolute atomic E-state index is 12.8. The van der Waals surface area contributed by atoms with Crippen molar-refractivity contribution in [1.82, 2.24) is 15.0 Å². The topological polar surface area (TPSA) is 126 Å². The quantitative estimate of drug-likeness (QED) is 0.373. The summed E-state index contributed by atoms with van der Waals surface area (Å²) in [6.45, 7) is 6.30. The van der Waals surface area contributed by atoms with Crippen molar-refractivity contribution in [2.24, 2.45) is 0 Å². The molecule has 1 aromatic carbocycles. The van der Waals surface area contributed by atoms with E-state index in [1.807, 2.05) is 32.9 Å². The number of pyridine rings is 1.